The summed E-state index contributed by atoms with van der Waals surface area (Å²) < 4.78 is 31.6. The number of nitrogens with two attached hydrogens (primary N) is 1. The summed E-state index contributed by atoms with van der Waals surface area (Å²) in [4.78, 5) is 22.9. The highest BCUT2D eigenvalue weighted by Crippen LogP contribution is 2.19. The van der Waals surface area contributed by atoms with Gasteiger partial charge in [-0.1, -0.05) is 0 Å². The highest BCUT2D eigenvalue weighted by molar-refractivity contribution is 7.91. The maximum absolute atomic E-state index is 11.6. The van der Waals surface area contributed by atoms with Crippen LogP contribution in [-0.4, -0.2) is 32.6 Å². The summed E-state index contributed by atoms with van der Waals surface area (Å²) >= 11 is 0.799. The van der Waals surface area contributed by atoms with Gasteiger partial charge in [-0.05, 0) is 26.8 Å². The monoisotopic (exact) mass is 321 g/mol. The van der Waals surface area contributed by atoms with E-state index >= 15 is 0 Å². The van der Waals surface area contributed by atoms with Gasteiger partial charge in [0, 0.05) is 5.38 Å². The second kappa shape index (κ2) is 5.90. The minimum Gasteiger partial charge on any atom is -0.457 e. The van der Waals surface area contributed by atoms with Gasteiger partial charge in [0.25, 0.3) is 0 Å². The first-order valence-corrected chi connectivity index (χ1v) is 7.92. The van der Waals surface area contributed by atoms with Crippen molar-refractivity contribution >= 4 is 33.3 Å². The fourth-order valence-electron chi connectivity index (χ4n) is 1.15. The first-order valence-electron chi connectivity index (χ1n) is 5.49. The Morgan fingerprint density at radius 1 is 1.35 bits per heavy atom. The molecule has 1 aromatic rings. The molecular formula is C11H15NO6S2. The van der Waals surface area contributed by atoms with Crippen molar-refractivity contribution in [2.75, 3.05) is 6.61 Å². The van der Waals surface area contributed by atoms with E-state index in [4.69, 9.17) is 14.6 Å². The van der Waals surface area contributed by atoms with Crippen LogP contribution >= 0.6 is 11.3 Å². The summed E-state index contributed by atoms with van der Waals surface area (Å²) in [5.41, 5.74) is -0.658. The zero-order valence-electron chi connectivity index (χ0n) is 11.2. The molecule has 0 bridgehead atoms. The van der Waals surface area contributed by atoms with Crippen molar-refractivity contribution in [2.24, 2.45) is 5.14 Å². The van der Waals surface area contributed by atoms with Crippen molar-refractivity contribution in [3.05, 3.63) is 17.0 Å². The number of primary sulfonamides is 1. The molecule has 20 heavy (non-hydrogen) atoms. The largest absolute Gasteiger partial charge is 0.457 e. The minimum absolute atomic E-state index is 0.0163. The fraction of sp³-hybridized carbons (Fsp3) is 0.455. The molecule has 0 spiro atoms. The van der Waals surface area contributed by atoms with Crippen molar-refractivity contribution in [1.82, 2.24) is 0 Å². The second-order valence-corrected chi connectivity index (χ2v) is 7.56. The van der Waals surface area contributed by atoms with Crippen LogP contribution in [0.15, 0.2) is 15.7 Å². The Balaban J connectivity index is 2.60. The number of carbonyl (C=O) groups is 2. The second-order valence-electron chi connectivity index (χ2n) is 4.86. The molecule has 112 valence electrons. The maximum atomic E-state index is 11.6. The predicted octanol–water partition coefficient (Wildman–Crippen LogP) is 0.894. The Morgan fingerprint density at radius 3 is 2.40 bits per heavy atom. The molecule has 0 aliphatic carbocycles. The third-order valence-corrected chi connectivity index (χ3v) is 4.22. The van der Waals surface area contributed by atoms with Crippen LogP contribution in [-0.2, 0) is 24.3 Å². The van der Waals surface area contributed by atoms with Crippen LogP contribution in [0, 0.1) is 0 Å². The molecule has 0 aliphatic heterocycles. The molecule has 7 nitrogen and oxygen atoms in total. The minimum atomic E-state index is -3.85. The van der Waals surface area contributed by atoms with E-state index in [1.165, 1.54) is 5.38 Å². The Kier molecular flexibility index (Phi) is 4.90. The van der Waals surface area contributed by atoms with Gasteiger partial charge in [0.1, 0.15) is 9.81 Å². The average molecular weight is 321 g/mol. The van der Waals surface area contributed by atoms with Gasteiger partial charge in [-0.25, -0.2) is 23.1 Å². The zero-order valence-corrected chi connectivity index (χ0v) is 12.8. The molecule has 0 atom stereocenters. The molecule has 0 radical (unpaired) electrons. The summed E-state index contributed by atoms with van der Waals surface area (Å²) in [5, 5.41) is 6.21. The lowest BCUT2D eigenvalue weighted by Crippen LogP contribution is -2.27. The summed E-state index contributed by atoms with van der Waals surface area (Å²) in [6.45, 7) is 4.51. The topological polar surface area (TPSA) is 113 Å². The number of carbonyl (C=O) groups excluding carboxylic acids is 2. The number of thiophene rings is 1. The summed E-state index contributed by atoms with van der Waals surface area (Å²) in [6, 6.07) is 1.09. The van der Waals surface area contributed by atoms with Crippen LogP contribution in [0.5, 0.6) is 0 Å². The molecule has 0 aliphatic rings. The van der Waals surface area contributed by atoms with E-state index in [1.54, 1.807) is 20.8 Å². The molecule has 2 N–H and O–H groups in total. The van der Waals surface area contributed by atoms with Crippen molar-refractivity contribution < 1.29 is 27.5 Å². The molecule has 1 rings (SSSR count). The van der Waals surface area contributed by atoms with E-state index in [0.717, 1.165) is 17.4 Å². The van der Waals surface area contributed by atoms with Crippen molar-refractivity contribution in [2.45, 2.75) is 30.6 Å². The fourth-order valence-corrected chi connectivity index (χ4v) is 2.73. The summed E-state index contributed by atoms with van der Waals surface area (Å²) in [5.74, 6) is -1.50. The maximum Gasteiger partial charge on any atom is 0.344 e. The van der Waals surface area contributed by atoms with Gasteiger partial charge in [-0.15, -0.1) is 11.3 Å². The van der Waals surface area contributed by atoms with Crippen LogP contribution < -0.4 is 5.14 Å². The summed E-state index contributed by atoms with van der Waals surface area (Å²) in [7, 11) is -3.85. The molecule has 0 saturated carbocycles. The molecule has 0 unspecified atom stereocenters. The van der Waals surface area contributed by atoms with Crippen LogP contribution in [0.3, 0.4) is 0 Å². The molecule has 0 aromatic carbocycles. The van der Waals surface area contributed by atoms with E-state index < -0.39 is 34.2 Å². The van der Waals surface area contributed by atoms with Gasteiger partial charge in [0.15, 0.2) is 6.61 Å². The number of rotatable bonds is 4. The normalized spacial score (nSPS) is 12.0. The van der Waals surface area contributed by atoms with Gasteiger partial charge >= 0.3 is 11.9 Å². The van der Waals surface area contributed by atoms with Gasteiger partial charge in [-0.3, -0.25) is 0 Å². The standard InChI is InChI=1S/C11H15NO6S2/c1-11(2,3)18-8(13)5-17-10(14)7-4-9(19-6-7)20(12,15)16/h4,6H,5H2,1-3H3,(H2,12,15,16). The van der Waals surface area contributed by atoms with Crippen molar-refractivity contribution in [1.29, 1.82) is 0 Å². The van der Waals surface area contributed by atoms with E-state index in [1.807, 2.05) is 0 Å². The Morgan fingerprint density at radius 2 is 1.95 bits per heavy atom. The number of hydrogen-bond donors (Lipinski definition) is 1. The zero-order chi connectivity index (χ0) is 15.6. The number of esters is 2. The van der Waals surface area contributed by atoms with Crippen molar-refractivity contribution in [3.8, 4) is 0 Å². The molecule has 0 fully saturated rings. The van der Waals surface area contributed by atoms with Crippen molar-refractivity contribution in [3.63, 3.8) is 0 Å². The van der Waals surface area contributed by atoms with E-state index in [-0.39, 0.29) is 9.77 Å². The summed E-state index contributed by atoms with van der Waals surface area (Å²) in [6.07, 6.45) is 0. The third kappa shape index (κ3) is 5.27. The molecule has 1 heterocycles. The number of hydrogen-bond acceptors (Lipinski definition) is 7. The predicted molar refractivity (Wildman–Crippen MR) is 71.8 cm³/mol. The molecule has 1 aromatic heterocycles. The molecule has 9 heteroatoms. The Labute approximate surface area is 120 Å². The number of sulfonamides is 1. The van der Waals surface area contributed by atoms with Crippen LogP contribution in [0.2, 0.25) is 0 Å². The van der Waals surface area contributed by atoms with Gasteiger partial charge in [0.2, 0.25) is 10.0 Å². The quantitative estimate of drug-likeness (QED) is 0.824. The Hall–Kier alpha value is -1.45. The molecule has 0 amide bonds. The van der Waals surface area contributed by atoms with E-state index in [9.17, 15) is 18.0 Å². The highest BCUT2D eigenvalue weighted by Gasteiger charge is 2.20. The van der Waals surface area contributed by atoms with Gasteiger partial charge in [0.05, 0.1) is 5.56 Å². The highest BCUT2D eigenvalue weighted by atomic mass is 32.2. The van der Waals surface area contributed by atoms with Crippen LogP contribution in [0.25, 0.3) is 0 Å². The van der Waals surface area contributed by atoms with Crippen LogP contribution in [0.4, 0.5) is 0 Å². The van der Waals surface area contributed by atoms with Gasteiger partial charge in [-0.2, -0.15) is 0 Å². The lowest BCUT2D eigenvalue weighted by atomic mass is 10.2. The lowest BCUT2D eigenvalue weighted by molar-refractivity contribution is -0.158. The third-order valence-electron chi connectivity index (χ3n) is 1.83. The van der Waals surface area contributed by atoms with Gasteiger partial charge < -0.3 is 9.47 Å². The van der Waals surface area contributed by atoms with E-state index in [0.29, 0.717) is 0 Å². The first kappa shape index (κ1) is 16.6. The first-order chi connectivity index (χ1) is 8.99. The molecular weight excluding hydrogens is 306 g/mol. The smallest absolute Gasteiger partial charge is 0.344 e. The average Bonchev–Trinajstić information content (AvgIpc) is 2.72. The lowest BCUT2D eigenvalue weighted by Gasteiger charge is -2.19. The number of ether oxygens (including phenoxy) is 2. The Bertz CT molecular complexity index is 611. The van der Waals surface area contributed by atoms with E-state index in [2.05, 4.69) is 0 Å². The molecule has 0 saturated heterocycles. The van der Waals surface area contributed by atoms with Crippen LogP contribution in [0.1, 0.15) is 31.1 Å². The SMILES string of the molecule is CC(C)(C)OC(=O)COC(=O)c1csc(S(N)(=O)=O)c1.